The van der Waals surface area contributed by atoms with E-state index < -0.39 is 32.6 Å². The molecule has 0 radical (unpaired) electrons. The van der Waals surface area contributed by atoms with Gasteiger partial charge in [0.2, 0.25) is 0 Å². The molecule has 1 fully saturated rings. The second kappa shape index (κ2) is 15.2. The number of ether oxygens (including phenoxy) is 4. The Morgan fingerprint density at radius 3 is 2.61 bits per heavy atom. The Kier molecular flexibility index (Phi) is 12.1. The van der Waals surface area contributed by atoms with Gasteiger partial charge in [0, 0.05) is 12.5 Å². The number of cyclic esters (lactones) is 1. The van der Waals surface area contributed by atoms with Crippen molar-refractivity contribution in [2.45, 2.75) is 147 Å². The van der Waals surface area contributed by atoms with Crippen molar-refractivity contribution in [3.63, 3.8) is 0 Å². The van der Waals surface area contributed by atoms with Crippen molar-refractivity contribution in [3.8, 4) is 0 Å². The molecule has 4 aliphatic heterocycles. The minimum Gasteiger partial charge on any atom is -0.456 e. The summed E-state index contributed by atoms with van der Waals surface area (Å²) in [5.74, 6) is -0.0267. The molecule has 8 heteroatoms. The van der Waals surface area contributed by atoms with Crippen LogP contribution in [0.25, 0.3) is 0 Å². The minimum atomic E-state index is -2.27. The minimum absolute atomic E-state index is 0.0448. The van der Waals surface area contributed by atoms with Crippen LogP contribution in [0.3, 0.4) is 0 Å². The molecule has 1 saturated heterocycles. The summed E-state index contributed by atoms with van der Waals surface area (Å²) in [5, 5.41) is 11.0. The maximum absolute atomic E-state index is 13.3. The number of epoxide rings is 1. The van der Waals surface area contributed by atoms with Crippen LogP contribution >= 0.6 is 0 Å². The van der Waals surface area contributed by atoms with Crippen LogP contribution in [0.5, 0.6) is 0 Å². The van der Waals surface area contributed by atoms with Crippen molar-refractivity contribution < 1.29 is 33.3 Å². The number of esters is 1. The Morgan fingerprint density at radius 1 is 1.11 bits per heavy atom. The largest absolute Gasteiger partial charge is 0.456 e. The van der Waals surface area contributed by atoms with E-state index in [4.69, 9.17) is 23.4 Å². The van der Waals surface area contributed by atoms with Gasteiger partial charge in [-0.1, -0.05) is 81.9 Å². The topological polar surface area (TPSA) is 86.8 Å². The summed E-state index contributed by atoms with van der Waals surface area (Å²) in [6.07, 6.45) is 16.5. The number of carbonyl (C=O) groups is 1. The average Bonchev–Trinajstić information content (AvgIpc) is 3.69. The van der Waals surface area contributed by atoms with Crippen LogP contribution in [0, 0.1) is 5.92 Å². The van der Waals surface area contributed by atoms with Gasteiger partial charge >= 0.3 is 5.97 Å². The number of aliphatic hydroxyl groups excluding tert-OH is 1. The third-order valence-electron chi connectivity index (χ3n) is 9.66. The van der Waals surface area contributed by atoms with Gasteiger partial charge in [0.15, 0.2) is 8.32 Å². The summed E-state index contributed by atoms with van der Waals surface area (Å²) >= 11 is 0. The second-order valence-corrected chi connectivity index (χ2v) is 19.6. The Morgan fingerprint density at radius 2 is 1.89 bits per heavy atom. The Labute approximate surface area is 266 Å². The van der Waals surface area contributed by atoms with Crippen LogP contribution in [0.15, 0.2) is 60.3 Å². The third kappa shape index (κ3) is 10.4. The van der Waals surface area contributed by atoms with E-state index in [9.17, 15) is 9.90 Å². The summed E-state index contributed by atoms with van der Waals surface area (Å²) < 4.78 is 31.4. The molecule has 0 aromatic carbocycles. The molecular weight excluding hydrogens is 572 g/mol. The lowest BCUT2D eigenvalue weighted by Crippen LogP contribution is -2.47. The summed E-state index contributed by atoms with van der Waals surface area (Å²) in [6.45, 7) is 20.2. The monoisotopic (exact) mass is 628 g/mol. The lowest BCUT2D eigenvalue weighted by Gasteiger charge is -2.40. The summed E-state index contributed by atoms with van der Waals surface area (Å²) in [7, 11) is -2.27. The molecule has 0 spiro atoms. The van der Waals surface area contributed by atoms with Crippen LogP contribution < -0.4 is 0 Å². The van der Waals surface area contributed by atoms with Gasteiger partial charge in [0.25, 0.3) is 0 Å². The fourth-order valence-electron chi connectivity index (χ4n) is 6.07. The van der Waals surface area contributed by atoms with Crippen LogP contribution in [0.1, 0.15) is 79.6 Å². The van der Waals surface area contributed by atoms with Crippen molar-refractivity contribution in [1.82, 2.24) is 0 Å². The summed E-state index contributed by atoms with van der Waals surface area (Å²) in [4.78, 5) is 13.3. The van der Waals surface area contributed by atoms with Gasteiger partial charge < -0.3 is 28.5 Å². The maximum atomic E-state index is 13.3. The van der Waals surface area contributed by atoms with E-state index in [1.54, 1.807) is 0 Å². The van der Waals surface area contributed by atoms with Gasteiger partial charge in [-0.05, 0) is 69.5 Å². The number of hydrogen-bond donors (Lipinski definition) is 1. The summed E-state index contributed by atoms with van der Waals surface area (Å²) in [6, 6.07) is 0. The highest BCUT2D eigenvalue weighted by Gasteiger charge is 2.48. The first-order valence-electron chi connectivity index (χ1n) is 16.5. The molecule has 4 aliphatic rings. The zero-order valence-electron chi connectivity index (χ0n) is 28.0. The van der Waals surface area contributed by atoms with Crippen molar-refractivity contribution in [2.75, 3.05) is 6.61 Å². The molecule has 0 aromatic heterocycles. The molecule has 2 bridgehead atoms. The van der Waals surface area contributed by atoms with Crippen molar-refractivity contribution in [1.29, 1.82) is 0 Å². The highest BCUT2D eigenvalue weighted by molar-refractivity contribution is 6.74. The van der Waals surface area contributed by atoms with Crippen LogP contribution in [0.4, 0.5) is 0 Å². The zero-order valence-corrected chi connectivity index (χ0v) is 29.0. The Balaban J connectivity index is 1.59. The first-order valence-corrected chi connectivity index (χ1v) is 19.4. The fraction of sp³-hybridized carbons (Fsp3) is 0.694. The predicted molar refractivity (Wildman–Crippen MR) is 177 cm³/mol. The van der Waals surface area contributed by atoms with E-state index in [0.29, 0.717) is 31.8 Å². The van der Waals surface area contributed by atoms with Gasteiger partial charge in [-0.15, -0.1) is 0 Å². The molecule has 0 saturated carbocycles. The van der Waals surface area contributed by atoms with E-state index in [2.05, 4.69) is 78.6 Å². The zero-order chi connectivity index (χ0) is 32.1. The first-order chi connectivity index (χ1) is 20.7. The molecule has 9 atom stereocenters. The van der Waals surface area contributed by atoms with E-state index in [0.717, 1.165) is 31.3 Å². The van der Waals surface area contributed by atoms with Gasteiger partial charge in [0.1, 0.15) is 18.3 Å². The lowest BCUT2D eigenvalue weighted by molar-refractivity contribution is -0.147. The molecule has 4 heterocycles. The summed E-state index contributed by atoms with van der Waals surface area (Å²) in [5.41, 5.74) is 2.32. The predicted octanol–water partition coefficient (Wildman–Crippen LogP) is 7.13. The van der Waals surface area contributed by atoms with Crippen molar-refractivity contribution >= 4 is 14.3 Å². The number of aliphatic hydroxyl groups is 1. The molecule has 0 aliphatic carbocycles. The van der Waals surface area contributed by atoms with E-state index in [-0.39, 0.29) is 35.6 Å². The van der Waals surface area contributed by atoms with E-state index >= 15 is 0 Å². The average molecular weight is 629 g/mol. The highest BCUT2D eigenvalue weighted by Crippen LogP contribution is 2.40. The molecule has 1 unspecified atom stereocenters. The van der Waals surface area contributed by atoms with Crippen LogP contribution in [0.2, 0.25) is 18.1 Å². The van der Waals surface area contributed by atoms with Crippen LogP contribution in [-0.4, -0.2) is 74.8 Å². The van der Waals surface area contributed by atoms with Gasteiger partial charge in [-0.2, -0.15) is 0 Å². The standard InChI is InChI=1S/C36H56O7Si/c1-24-17-18-39-28(20-24)15-16-31(43-44(7,8)36(4,5)6)32-23-33-35(42-33)30(37)22-26(3)19-25(2)21-29-13-9-11-27(40-29)12-10-14-34(38)41-32/h9-11,14-17,25,27-33,35,37H,3,12-13,18-23H2,1-2,4-8H3/b14-10-,16-15+/t25-,27-,28+,29-,30-,31?,32-,33-,35-/m0/s1. The molecule has 1 N–H and O–H groups in total. The number of hydrogen-bond acceptors (Lipinski definition) is 7. The number of fused-ring (bicyclic) bond motifs is 3. The van der Waals surface area contributed by atoms with Crippen LogP contribution in [-0.2, 0) is 28.2 Å². The molecule has 44 heavy (non-hydrogen) atoms. The van der Waals surface area contributed by atoms with Crippen molar-refractivity contribution in [2.24, 2.45) is 5.92 Å². The first kappa shape index (κ1) is 35.0. The highest BCUT2D eigenvalue weighted by atomic mass is 28.4. The molecule has 0 amide bonds. The normalized spacial score (nSPS) is 36.0. The second-order valence-electron chi connectivity index (χ2n) is 14.9. The Bertz CT molecular complexity index is 1120. The molecule has 246 valence electrons. The van der Waals surface area contributed by atoms with Gasteiger partial charge in [-0.25, -0.2) is 4.79 Å². The Hall–Kier alpha value is -1.81. The van der Waals surface area contributed by atoms with E-state index in [1.165, 1.54) is 11.6 Å². The smallest absolute Gasteiger partial charge is 0.330 e. The number of carbonyl (C=O) groups excluding carboxylic acids is 1. The SMILES string of the molecule is C=C1C[C@H](C)C[C@@H]2CC=C[C@@H](C/C=C\C(=O)O[C@H](C(/C=C/[C@@H]3CC(C)=CCO3)O[Si](C)(C)C(C)(C)C)C[C@@H]3O[C@H]3[C@@H](O)C1)O2. The van der Waals surface area contributed by atoms with E-state index in [1.807, 2.05) is 12.2 Å². The molecular formula is C36H56O7Si. The number of rotatable bonds is 5. The fourth-order valence-corrected chi connectivity index (χ4v) is 7.34. The molecule has 0 aromatic rings. The van der Waals surface area contributed by atoms with Gasteiger partial charge in [-0.3, -0.25) is 0 Å². The van der Waals surface area contributed by atoms with Crippen molar-refractivity contribution in [3.05, 3.63) is 60.3 Å². The molecule has 4 rings (SSSR count). The maximum Gasteiger partial charge on any atom is 0.330 e. The van der Waals surface area contributed by atoms with Gasteiger partial charge in [0.05, 0.1) is 37.1 Å². The third-order valence-corrected chi connectivity index (χ3v) is 14.1. The lowest BCUT2D eigenvalue weighted by atomic mass is 9.91. The quantitative estimate of drug-likeness (QED) is 0.150. The molecule has 7 nitrogen and oxygen atoms in total.